The first-order valence-electron chi connectivity index (χ1n) is 8.38. The summed E-state index contributed by atoms with van der Waals surface area (Å²) >= 11 is 6.45. The standard InChI is InChI=1S/C22H19ClO3/c1-16(24)22(23,21(25)26-15-17-7-3-2-4-8-17)14-18-11-12-19-9-5-6-10-20(19)13-18/h2-13H,14-15H2,1H3/t22-/m0/s1. The van der Waals surface area contributed by atoms with Crippen LogP contribution in [-0.4, -0.2) is 16.6 Å². The van der Waals surface area contributed by atoms with Crippen LogP contribution in [0.15, 0.2) is 72.8 Å². The quantitative estimate of drug-likeness (QED) is 0.361. The van der Waals surface area contributed by atoms with Crippen molar-refractivity contribution in [3.8, 4) is 0 Å². The number of ketones is 1. The van der Waals surface area contributed by atoms with Crippen LogP contribution in [0.4, 0.5) is 0 Å². The van der Waals surface area contributed by atoms with E-state index in [1.807, 2.05) is 72.8 Å². The van der Waals surface area contributed by atoms with Crippen LogP contribution >= 0.6 is 11.6 Å². The second-order valence-electron chi connectivity index (χ2n) is 6.28. The Morgan fingerprint density at radius 1 is 0.885 bits per heavy atom. The van der Waals surface area contributed by atoms with E-state index in [1.54, 1.807) is 0 Å². The molecule has 0 radical (unpaired) electrons. The molecule has 1 atom stereocenters. The Morgan fingerprint density at radius 2 is 1.54 bits per heavy atom. The Labute approximate surface area is 157 Å². The van der Waals surface area contributed by atoms with Crippen LogP contribution in [-0.2, 0) is 27.4 Å². The van der Waals surface area contributed by atoms with Crippen molar-refractivity contribution in [2.45, 2.75) is 24.8 Å². The maximum absolute atomic E-state index is 12.6. The number of rotatable bonds is 6. The molecule has 0 amide bonds. The molecule has 132 valence electrons. The number of esters is 1. The molecule has 0 fully saturated rings. The largest absolute Gasteiger partial charge is 0.459 e. The summed E-state index contributed by atoms with van der Waals surface area (Å²) in [5, 5.41) is 2.12. The second-order valence-corrected chi connectivity index (χ2v) is 6.92. The number of ether oxygens (including phenoxy) is 1. The number of alkyl halides is 1. The number of benzene rings is 3. The number of carbonyl (C=O) groups excluding carboxylic acids is 2. The molecule has 4 heteroatoms. The molecule has 0 heterocycles. The Balaban J connectivity index is 1.79. The van der Waals surface area contributed by atoms with Crippen LogP contribution in [0.3, 0.4) is 0 Å². The molecular weight excluding hydrogens is 348 g/mol. The molecule has 0 unspecified atom stereocenters. The molecule has 0 aliphatic carbocycles. The molecule has 26 heavy (non-hydrogen) atoms. The molecule has 3 nitrogen and oxygen atoms in total. The molecule has 0 aliphatic heterocycles. The van der Waals surface area contributed by atoms with E-state index in [0.717, 1.165) is 21.9 Å². The predicted octanol–water partition coefficient (Wildman–Crippen LogP) is 4.69. The lowest BCUT2D eigenvalue weighted by Gasteiger charge is -2.22. The number of Topliss-reactive ketones (excluding diaryl/α,β-unsaturated/α-hetero) is 1. The van der Waals surface area contributed by atoms with E-state index in [1.165, 1.54) is 6.92 Å². The third-order valence-electron chi connectivity index (χ3n) is 4.36. The average Bonchev–Trinajstić information content (AvgIpc) is 2.66. The molecule has 0 aliphatic rings. The van der Waals surface area contributed by atoms with Crippen molar-refractivity contribution in [3.63, 3.8) is 0 Å². The van der Waals surface area contributed by atoms with Crippen LogP contribution in [0.2, 0.25) is 0 Å². The molecule has 0 spiro atoms. The highest BCUT2D eigenvalue weighted by Crippen LogP contribution is 2.27. The van der Waals surface area contributed by atoms with E-state index in [9.17, 15) is 9.59 Å². The Bertz CT molecular complexity index is 936. The van der Waals surface area contributed by atoms with Gasteiger partial charge in [0.05, 0.1) is 0 Å². The molecule has 0 saturated heterocycles. The lowest BCUT2D eigenvalue weighted by atomic mass is 9.93. The van der Waals surface area contributed by atoms with E-state index in [4.69, 9.17) is 16.3 Å². The highest BCUT2D eigenvalue weighted by molar-refractivity contribution is 6.45. The SMILES string of the molecule is CC(=O)[C@@](Cl)(Cc1ccc2ccccc2c1)C(=O)OCc1ccccc1. The average molecular weight is 367 g/mol. The lowest BCUT2D eigenvalue weighted by molar-refractivity contribution is -0.150. The van der Waals surface area contributed by atoms with Gasteiger partial charge in [-0.1, -0.05) is 84.4 Å². The van der Waals surface area contributed by atoms with E-state index in [-0.39, 0.29) is 13.0 Å². The molecule has 0 aromatic heterocycles. The van der Waals surface area contributed by atoms with Gasteiger partial charge in [0.1, 0.15) is 6.61 Å². The lowest BCUT2D eigenvalue weighted by Crippen LogP contribution is -2.43. The smallest absolute Gasteiger partial charge is 0.335 e. The van der Waals surface area contributed by atoms with Gasteiger partial charge in [0.25, 0.3) is 0 Å². The first-order chi connectivity index (χ1) is 12.5. The second kappa shape index (κ2) is 7.71. The summed E-state index contributed by atoms with van der Waals surface area (Å²) in [7, 11) is 0. The van der Waals surface area contributed by atoms with Gasteiger partial charge in [-0.2, -0.15) is 0 Å². The maximum Gasteiger partial charge on any atom is 0.335 e. The summed E-state index contributed by atoms with van der Waals surface area (Å²) in [6, 6.07) is 23.0. The highest BCUT2D eigenvalue weighted by Gasteiger charge is 2.43. The Kier molecular flexibility index (Phi) is 5.38. The molecule has 0 N–H and O–H groups in total. The fourth-order valence-electron chi connectivity index (χ4n) is 2.81. The molecular formula is C22H19ClO3. The van der Waals surface area contributed by atoms with Crippen LogP contribution < -0.4 is 0 Å². The van der Waals surface area contributed by atoms with E-state index < -0.39 is 16.6 Å². The van der Waals surface area contributed by atoms with Gasteiger partial charge < -0.3 is 4.74 Å². The number of carbonyl (C=O) groups is 2. The van der Waals surface area contributed by atoms with Gasteiger partial charge in [-0.3, -0.25) is 4.79 Å². The van der Waals surface area contributed by atoms with E-state index in [2.05, 4.69) is 0 Å². The summed E-state index contributed by atoms with van der Waals surface area (Å²) in [5.74, 6) is -1.14. The third-order valence-corrected chi connectivity index (χ3v) is 4.91. The van der Waals surface area contributed by atoms with Crippen molar-refractivity contribution in [1.29, 1.82) is 0 Å². The highest BCUT2D eigenvalue weighted by atomic mass is 35.5. The third kappa shape index (κ3) is 3.94. The van der Waals surface area contributed by atoms with Gasteiger partial charge in [-0.25, -0.2) is 4.79 Å². The molecule has 3 aromatic carbocycles. The molecule has 0 saturated carbocycles. The van der Waals surface area contributed by atoms with Crippen molar-refractivity contribution >= 4 is 34.1 Å². The van der Waals surface area contributed by atoms with Gasteiger partial charge >= 0.3 is 5.97 Å². The number of fused-ring (bicyclic) bond motifs is 1. The summed E-state index contributed by atoms with van der Waals surface area (Å²) in [4.78, 5) is 23.0. The van der Waals surface area contributed by atoms with E-state index in [0.29, 0.717) is 0 Å². The van der Waals surface area contributed by atoms with Gasteiger partial charge in [-0.05, 0) is 28.8 Å². The summed E-state index contributed by atoms with van der Waals surface area (Å²) in [5.41, 5.74) is 1.65. The van der Waals surface area contributed by atoms with Crippen LogP contribution in [0.25, 0.3) is 10.8 Å². The van der Waals surface area contributed by atoms with Crippen molar-refractivity contribution in [2.75, 3.05) is 0 Å². The monoisotopic (exact) mass is 366 g/mol. The fraction of sp³-hybridized carbons (Fsp3) is 0.182. The van der Waals surface area contributed by atoms with Gasteiger partial charge in [0.2, 0.25) is 4.87 Å². The van der Waals surface area contributed by atoms with Crippen molar-refractivity contribution in [1.82, 2.24) is 0 Å². The predicted molar refractivity (Wildman–Crippen MR) is 103 cm³/mol. The van der Waals surface area contributed by atoms with Crippen LogP contribution in [0.1, 0.15) is 18.1 Å². The van der Waals surface area contributed by atoms with Crippen molar-refractivity contribution in [3.05, 3.63) is 83.9 Å². The minimum atomic E-state index is -1.72. The van der Waals surface area contributed by atoms with Crippen LogP contribution in [0.5, 0.6) is 0 Å². The van der Waals surface area contributed by atoms with Crippen LogP contribution in [0, 0.1) is 0 Å². The summed E-state index contributed by atoms with van der Waals surface area (Å²) < 4.78 is 5.32. The fourth-order valence-corrected chi connectivity index (χ4v) is 3.02. The molecule has 3 aromatic rings. The first-order valence-corrected chi connectivity index (χ1v) is 8.75. The summed E-state index contributed by atoms with van der Waals surface area (Å²) in [6.07, 6.45) is 0.0857. The van der Waals surface area contributed by atoms with Gasteiger partial charge in [0, 0.05) is 6.42 Å². The molecule has 0 bridgehead atoms. The minimum Gasteiger partial charge on any atom is -0.459 e. The topological polar surface area (TPSA) is 43.4 Å². The Hall–Kier alpha value is -2.65. The number of hydrogen-bond donors (Lipinski definition) is 0. The first kappa shape index (κ1) is 18.2. The zero-order valence-electron chi connectivity index (χ0n) is 14.4. The number of halogens is 1. The Morgan fingerprint density at radius 3 is 2.23 bits per heavy atom. The number of hydrogen-bond acceptors (Lipinski definition) is 3. The van der Waals surface area contributed by atoms with Crippen molar-refractivity contribution in [2.24, 2.45) is 0 Å². The zero-order valence-corrected chi connectivity index (χ0v) is 15.2. The molecule has 3 rings (SSSR count). The van der Waals surface area contributed by atoms with E-state index >= 15 is 0 Å². The maximum atomic E-state index is 12.6. The normalized spacial score (nSPS) is 13.2. The minimum absolute atomic E-state index is 0.0825. The van der Waals surface area contributed by atoms with Crippen molar-refractivity contribution < 1.29 is 14.3 Å². The van der Waals surface area contributed by atoms with Gasteiger partial charge in [-0.15, -0.1) is 0 Å². The van der Waals surface area contributed by atoms with Gasteiger partial charge in [0.15, 0.2) is 5.78 Å². The zero-order chi connectivity index (χ0) is 18.6. The summed E-state index contributed by atoms with van der Waals surface area (Å²) in [6.45, 7) is 1.40.